The van der Waals surface area contributed by atoms with Gasteiger partial charge in [0.1, 0.15) is 0 Å². The number of rotatable bonds is 4. The van der Waals surface area contributed by atoms with Crippen molar-refractivity contribution < 1.29 is 9.90 Å². The second-order valence-corrected chi connectivity index (χ2v) is 6.84. The minimum Gasteiger partial charge on any atom is -0.390 e. The maximum atomic E-state index is 12.2. The molecule has 2 unspecified atom stereocenters. The van der Waals surface area contributed by atoms with Crippen LogP contribution in [0.15, 0.2) is 24.3 Å². The molecule has 0 aliphatic carbocycles. The topological polar surface area (TPSA) is 67.8 Å². The molecule has 0 saturated carbocycles. The Bertz CT molecular complexity index is 558. The third-order valence-electron chi connectivity index (χ3n) is 4.90. The molecule has 2 aliphatic heterocycles. The summed E-state index contributed by atoms with van der Waals surface area (Å²) >= 11 is 0. The third kappa shape index (κ3) is 4.47. The number of aryl methyl sites for hydroxylation is 1. The maximum absolute atomic E-state index is 12.2. The van der Waals surface area contributed by atoms with E-state index in [1.54, 1.807) is 0 Å². The second kappa shape index (κ2) is 7.96. The molecule has 0 radical (unpaired) electrons. The van der Waals surface area contributed by atoms with E-state index in [0.29, 0.717) is 13.1 Å². The Balaban J connectivity index is 1.44. The zero-order valence-electron chi connectivity index (χ0n) is 14.4. The second-order valence-electron chi connectivity index (χ2n) is 6.84. The highest BCUT2D eigenvalue weighted by Gasteiger charge is 2.25. The fraction of sp³-hybridized carbons (Fsp3) is 0.611. The summed E-state index contributed by atoms with van der Waals surface area (Å²) in [5, 5.41) is 16.0. The van der Waals surface area contributed by atoms with E-state index in [4.69, 9.17) is 0 Å². The molecule has 2 saturated heterocycles. The molecule has 1 amide bonds. The van der Waals surface area contributed by atoms with Crippen molar-refractivity contribution in [1.82, 2.24) is 15.5 Å². The Labute approximate surface area is 143 Å². The number of β-amino-alcohol motifs (C(OH)–C–C–N with tert-alkyl or cyclic N) is 1. The lowest BCUT2D eigenvalue weighted by molar-refractivity contribution is -0.124. The Morgan fingerprint density at radius 3 is 2.83 bits per heavy atom. The van der Waals surface area contributed by atoms with E-state index in [9.17, 15) is 9.90 Å². The number of aliphatic hydroxyl groups excluding tert-OH is 1. The van der Waals surface area contributed by atoms with Crippen molar-refractivity contribution in [3.05, 3.63) is 29.8 Å². The van der Waals surface area contributed by atoms with Crippen LogP contribution in [-0.4, -0.2) is 73.9 Å². The van der Waals surface area contributed by atoms with Gasteiger partial charge in [0.2, 0.25) is 5.91 Å². The van der Waals surface area contributed by atoms with Crippen LogP contribution in [0.3, 0.4) is 0 Å². The zero-order valence-corrected chi connectivity index (χ0v) is 14.4. The lowest BCUT2D eigenvalue weighted by atomic mass is 10.0. The molecule has 3 rings (SSSR count). The highest BCUT2D eigenvalue weighted by Crippen LogP contribution is 2.17. The molecule has 2 fully saturated rings. The maximum Gasteiger partial charge on any atom is 0.234 e. The first-order valence-electron chi connectivity index (χ1n) is 8.84. The molecule has 3 N–H and O–H groups in total. The summed E-state index contributed by atoms with van der Waals surface area (Å²) in [6.45, 7) is 7.57. The molecule has 1 aromatic carbocycles. The van der Waals surface area contributed by atoms with Crippen molar-refractivity contribution in [3.63, 3.8) is 0 Å². The van der Waals surface area contributed by atoms with Gasteiger partial charge in [-0.1, -0.05) is 12.1 Å². The Morgan fingerprint density at radius 1 is 1.33 bits per heavy atom. The predicted molar refractivity (Wildman–Crippen MR) is 95.3 cm³/mol. The number of aliphatic hydroxyl groups is 1. The third-order valence-corrected chi connectivity index (χ3v) is 4.90. The monoisotopic (exact) mass is 332 g/mol. The minimum atomic E-state index is -0.485. The van der Waals surface area contributed by atoms with Gasteiger partial charge in [-0.3, -0.25) is 9.69 Å². The fourth-order valence-corrected chi connectivity index (χ4v) is 3.45. The number of carbonyl (C=O) groups is 1. The number of nitrogens with one attached hydrogen (secondary N) is 2. The molecular formula is C18H28N4O2. The number of piperidine rings is 1. The van der Waals surface area contributed by atoms with Crippen LogP contribution in [-0.2, 0) is 4.79 Å². The highest BCUT2D eigenvalue weighted by atomic mass is 16.3. The predicted octanol–water partition coefficient (Wildman–Crippen LogP) is -0.0440. The highest BCUT2D eigenvalue weighted by molar-refractivity contribution is 5.78. The van der Waals surface area contributed by atoms with E-state index in [-0.39, 0.29) is 11.9 Å². The lowest BCUT2D eigenvalue weighted by Gasteiger charge is -2.36. The van der Waals surface area contributed by atoms with Crippen molar-refractivity contribution in [1.29, 1.82) is 0 Å². The number of nitrogens with zero attached hydrogens (tertiary/aromatic N) is 2. The average Bonchev–Trinajstić information content (AvgIpc) is 2.58. The quantitative estimate of drug-likeness (QED) is 0.722. The van der Waals surface area contributed by atoms with Gasteiger partial charge in [0.15, 0.2) is 0 Å². The molecule has 6 heteroatoms. The van der Waals surface area contributed by atoms with Crippen LogP contribution in [0, 0.1) is 6.92 Å². The zero-order chi connectivity index (χ0) is 16.9. The number of anilines is 1. The molecule has 2 atom stereocenters. The molecule has 6 nitrogen and oxygen atoms in total. The number of amides is 1. The Kier molecular flexibility index (Phi) is 5.71. The first-order valence-corrected chi connectivity index (χ1v) is 8.84. The van der Waals surface area contributed by atoms with Crippen LogP contribution >= 0.6 is 0 Å². The van der Waals surface area contributed by atoms with Crippen molar-refractivity contribution in [2.75, 3.05) is 50.7 Å². The van der Waals surface area contributed by atoms with Crippen LogP contribution in [0.1, 0.15) is 12.0 Å². The van der Waals surface area contributed by atoms with Gasteiger partial charge in [0.05, 0.1) is 18.7 Å². The van der Waals surface area contributed by atoms with Crippen LogP contribution < -0.4 is 15.5 Å². The summed E-state index contributed by atoms with van der Waals surface area (Å²) in [5.74, 6) is 0.0185. The standard InChI is InChI=1S/C18H28N4O2/c1-14-3-2-4-15(11-14)22-9-7-21(8-10-22)13-18(24)20-16-5-6-19-12-17(16)23/h2-4,11,16-17,19,23H,5-10,12-13H2,1H3,(H,20,24). The molecule has 0 bridgehead atoms. The normalized spacial score (nSPS) is 25.5. The number of carbonyl (C=O) groups excluding carboxylic acids is 1. The van der Waals surface area contributed by atoms with Gasteiger partial charge < -0.3 is 20.6 Å². The van der Waals surface area contributed by atoms with Crippen LogP contribution in [0.4, 0.5) is 5.69 Å². The van der Waals surface area contributed by atoms with Crippen molar-refractivity contribution in [3.8, 4) is 0 Å². The largest absolute Gasteiger partial charge is 0.390 e. The summed E-state index contributed by atoms with van der Waals surface area (Å²) in [7, 11) is 0. The van der Waals surface area contributed by atoms with E-state index >= 15 is 0 Å². The van der Waals surface area contributed by atoms with Gasteiger partial charge in [-0.2, -0.15) is 0 Å². The van der Waals surface area contributed by atoms with Crippen LogP contribution in [0.25, 0.3) is 0 Å². The average molecular weight is 332 g/mol. The molecular weight excluding hydrogens is 304 g/mol. The number of piperazine rings is 1. The molecule has 2 aliphatic rings. The van der Waals surface area contributed by atoms with Gasteiger partial charge in [0.25, 0.3) is 0 Å². The van der Waals surface area contributed by atoms with E-state index in [0.717, 1.165) is 39.1 Å². The molecule has 1 aromatic rings. The smallest absolute Gasteiger partial charge is 0.234 e. The number of hydrogen-bond acceptors (Lipinski definition) is 5. The van der Waals surface area contributed by atoms with Crippen molar-refractivity contribution >= 4 is 11.6 Å². The van der Waals surface area contributed by atoms with E-state index in [1.165, 1.54) is 11.3 Å². The fourth-order valence-electron chi connectivity index (χ4n) is 3.45. The van der Waals surface area contributed by atoms with Crippen molar-refractivity contribution in [2.45, 2.75) is 25.5 Å². The summed E-state index contributed by atoms with van der Waals surface area (Å²) in [6.07, 6.45) is 0.300. The Morgan fingerprint density at radius 2 is 2.12 bits per heavy atom. The van der Waals surface area contributed by atoms with Crippen molar-refractivity contribution in [2.24, 2.45) is 0 Å². The number of hydrogen-bond donors (Lipinski definition) is 3. The van der Waals surface area contributed by atoms with E-state index in [2.05, 4.69) is 51.6 Å². The lowest BCUT2D eigenvalue weighted by Crippen LogP contribution is -2.55. The minimum absolute atomic E-state index is 0.0185. The molecule has 0 aromatic heterocycles. The summed E-state index contributed by atoms with van der Waals surface area (Å²) in [6, 6.07) is 8.44. The Hall–Kier alpha value is -1.63. The number of benzene rings is 1. The first-order chi connectivity index (χ1) is 11.6. The van der Waals surface area contributed by atoms with Gasteiger partial charge in [-0.05, 0) is 37.6 Å². The summed E-state index contributed by atoms with van der Waals surface area (Å²) in [5.41, 5.74) is 2.53. The molecule has 0 spiro atoms. The first kappa shape index (κ1) is 17.2. The van der Waals surface area contributed by atoms with Gasteiger partial charge in [-0.15, -0.1) is 0 Å². The van der Waals surface area contributed by atoms with E-state index < -0.39 is 6.10 Å². The van der Waals surface area contributed by atoms with Crippen LogP contribution in [0.5, 0.6) is 0 Å². The summed E-state index contributed by atoms with van der Waals surface area (Å²) in [4.78, 5) is 16.8. The van der Waals surface area contributed by atoms with Crippen LogP contribution in [0.2, 0.25) is 0 Å². The van der Waals surface area contributed by atoms with Gasteiger partial charge in [0, 0.05) is 38.4 Å². The molecule has 2 heterocycles. The molecule has 132 valence electrons. The van der Waals surface area contributed by atoms with E-state index in [1.807, 2.05) is 0 Å². The summed E-state index contributed by atoms with van der Waals surface area (Å²) < 4.78 is 0. The molecule has 24 heavy (non-hydrogen) atoms. The van der Waals surface area contributed by atoms with Gasteiger partial charge in [-0.25, -0.2) is 0 Å². The SMILES string of the molecule is Cc1cccc(N2CCN(CC(=O)NC3CCNCC3O)CC2)c1. The van der Waals surface area contributed by atoms with Gasteiger partial charge >= 0.3 is 0 Å².